The van der Waals surface area contributed by atoms with Crippen LogP contribution in [0.4, 0.5) is 0 Å². The quantitative estimate of drug-likeness (QED) is 0.0563. The maximum atomic E-state index is 13.5. The smallest absolute Gasteiger partial charge is 0.306 e. The van der Waals surface area contributed by atoms with Crippen molar-refractivity contribution in [2.24, 2.45) is 0 Å². The molecular weight excluding hydrogens is 532 g/mol. The van der Waals surface area contributed by atoms with Gasteiger partial charge in [0, 0.05) is 25.4 Å². The summed E-state index contributed by atoms with van der Waals surface area (Å²) in [5.41, 5.74) is 0. The van der Waals surface area contributed by atoms with Crippen molar-refractivity contribution in [3.63, 3.8) is 0 Å². The maximum absolute atomic E-state index is 13.5. The molecule has 1 amide bonds. The lowest BCUT2D eigenvalue weighted by atomic mass is 9.98. The second kappa shape index (κ2) is 30.9. The van der Waals surface area contributed by atoms with Gasteiger partial charge in [-0.15, -0.1) is 0 Å². The third kappa shape index (κ3) is 25.9. The number of carbonyl (C=O) groups excluding carboxylic acids is 2. The lowest BCUT2D eigenvalue weighted by Crippen LogP contribution is -2.41. The summed E-state index contributed by atoms with van der Waals surface area (Å²) in [6.45, 7) is 10.9. The van der Waals surface area contributed by atoms with Gasteiger partial charge in [0.25, 0.3) is 0 Å². The van der Waals surface area contributed by atoms with E-state index in [0.29, 0.717) is 18.4 Å². The largest absolute Gasteiger partial charge is 0.462 e. The molecule has 1 unspecified atom stereocenters. The van der Waals surface area contributed by atoms with Gasteiger partial charge in [0.2, 0.25) is 5.91 Å². The molecular formula is C38H76N2O3. The third-order valence-corrected chi connectivity index (χ3v) is 8.88. The van der Waals surface area contributed by atoms with Gasteiger partial charge in [0.05, 0.1) is 0 Å². The van der Waals surface area contributed by atoms with Crippen LogP contribution in [0.5, 0.6) is 0 Å². The van der Waals surface area contributed by atoms with Crippen LogP contribution < -0.4 is 0 Å². The predicted octanol–water partition coefficient (Wildman–Crippen LogP) is 10.9. The summed E-state index contributed by atoms with van der Waals surface area (Å²) in [5.74, 6) is 0.404. The number of hydrogen-bond donors (Lipinski definition) is 0. The monoisotopic (exact) mass is 609 g/mol. The Labute approximate surface area is 269 Å². The van der Waals surface area contributed by atoms with Crippen LogP contribution in [0, 0.1) is 0 Å². The van der Waals surface area contributed by atoms with E-state index in [1.54, 1.807) is 0 Å². The normalized spacial score (nSPS) is 12.3. The zero-order valence-electron chi connectivity index (χ0n) is 30.1. The molecule has 0 fully saturated rings. The molecule has 0 saturated carbocycles. The Hall–Kier alpha value is -1.10. The first-order valence-electron chi connectivity index (χ1n) is 19.0. The van der Waals surface area contributed by atoms with Crippen molar-refractivity contribution in [2.75, 3.05) is 27.2 Å². The van der Waals surface area contributed by atoms with Crippen LogP contribution in [0.25, 0.3) is 0 Å². The minimum absolute atomic E-state index is 0.00695. The summed E-state index contributed by atoms with van der Waals surface area (Å²) in [6.07, 6.45) is 29.3. The van der Waals surface area contributed by atoms with Gasteiger partial charge in [-0.1, -0.05) is 137 Å². The minimum Gasteiger partial charge on any atom is -0.462 e. The maximum Gasteiger partial charge on any atom is 0.306 e. The molecule has 0 aliphatic carbocycles. The highest BCUT2D eigenvalue weighted by molar-refractivity contribution is 5.76. The zero-order chi connectivity index (χ0) is 32.0. The van der Waals surface area contributed by atoms with Gasteiger partial charge < -0.3 is 14.5 Å². The second-order valence-corrected chi connectivity index (χ2v) is 13.5. The Bertz CT molecular complexity index is 616. The molecule has 5 heteroatoms. The number of ether oxygens (including phenoxy) is 1. The van der Waals surface area contributed by atoms with Crippen molar-refractivity contribution in [1.82, 2.24) is 9.80 Å². The Morgan fingerprint density at radius 1 is 0.512 bits per heavy atom. The molecule has 0 aromatic heterocycles. The summed E-state index contributed by atoms with van der Waals surface area (Å²) in [6, 6.07) is 0.394. The van der Waals surface area contributed by atoms with Gasteiger partial charge >= 0.3 is 5.97 Å². The average molecular weight is 609 g/mol. The van der Waals surface area contributed by atoms with Crippen LogP contribution in [-0.4, -0.2) is 61.0 Å². The Kier molecular flexibility index (Phi) is 30.1. The lowest BCUT2D eigenvalue weighted by molar-refractivity contribution is -0.150. The first kappa shape index (κ1) is 41.9. The summed E-state index contributed by atoms with van der Waals surface area (Å²) in [4.78, 5) is 30.4. The topological polar surface area (TPSA) is 49.9 Å². The van der Waals surface area contributed by atoms with Crippen molar-refractivity contribution >= 4 is 11.9 Å². The molecule has 0 spiro atoms. The zero-order valence-corrected chi connectivity index (χ0v) is 30.1. The van der Waals surface area contributed by atoms with Crippen molar-refractivity contribution in [2.45, 2.75) is 207 Å². The molecule has 0 radical (unpaired) electrons. The Morgan fingerprint density at radius 3 is 1.51 bits per heavy atom. The van der Waals surface area contributed by atoms with E-state index in [-0.39, 0.29) is 12.1 Å². The van der Waals surface area contributed by atoms with Crippen molar-refractivity contribution in [1.29, 1.82) is 0 Å². The van der Waals surface area contributed by atoms with Crippen LogP contribution in [0.3, 0.4) is 0 Å². The van der Waals surface area contributed by atoms with Crippen molar-refractivity contribution in [3.05, 3.63) is 0 Å². The highest BCUT2D eigenvalue weighted by Gasteiger charge is 2.23. The molecule has 256 valence electrons. The molecule has 0 aliphatic heterocycles. The van der Waals surface area contributed by atoms with Gasteiger partial charge in [-0.3, -0.25) is 9.59 Å². The number of unbranched alkanes of at least 4 members (excludes halogenated alkanes) is 14. The van der Waals surface area contributed by atoms with E-state index in [1.165, 1.54) is 77.0 Å². The van der Waals surface area contributed by atoms with Crippen LogP contribution in [0.1, 0.15) is 195 Å². The summed E-state index contributed by atoms with van der Waals surface area (Å²) in [5, 5.41) is 0. The van der Waals surface area contributed by atoms with Gasteiger partial charge in [-0.05, 0) is 65.6 Å². The van der Waals surface area contributed by atoms with Gasteiger partial charge in [0.1, 0.15) is 6.10 Å². The second-order valence-electron chi connectivity index (χ2n) is 13.5. The fourth-order valence-electron chi connectivity index (χ4n) is 6.08. The molecule has 0 aliphatic rings. The molecule has 43 heavy (non-hydrogen) atoms. The number of carbonyl (C=O) groups is 2. The third-order valence-electron chi connectivity index (χ3n) is 8.88. The van der Waals surface area contributed by atoms with E-state index in [9.17, 15) is 9.59 Å². The number of esters is 1. The van der Waals surface area contributed by atoms with E-state index >= 15 is 0 Å². The first-order chi connectivity index (χ1) is 20.9. The minimum atomic E-state index is 0.00695. The molecule has 1 atom stereocenters. The fraction of sp³-hybridized carbons (Fsp3) is 0.947. The van der Waals surface area contributed by atoms with Crippen molar-refractivity contribution in [3.8, 4) is 0 Å². The highest BCUT2D eigenvalue weighted by atomic mass is 16.5. The fourth-order valence-corrected chi connectivity index (χ4v) is 6.08. The number of rotatable bonds is 32. The summed E-state index contributed by atoms with van der Waals surface area (Å²) in [7, 11) is 4.26. The van der Waals surface area contributed by atoms with Crippen LogP contribution in [0.2, 0.25) is 0 Å². The molecule has 0 bridgehead atoms. The van der Waals surface area contributed by atoms with E-state index in [1.807, 2.05) is 0 Å². The molecule has 0 aromatic carbocycles. The Balaban J connectivity index is 4.68. The number of nitrogens with zero attached hydrogens (tertiary/aromatic N) is 2. The van der Waals surface area contributed by atoms with E-state index in [2.05, 4.69) is 51.6 Å². The molecule has 0 N–H and O–H groups in total. The average Bonchev–Trinajstić information content (AvgIpc) is 2.98. The summed E-state index contributed by atoms with van der Waals surface area (Å²) >= 11 is 0. The molecule has 0 rings (SSSR count). The van der Waals surface area contributed by atoms with Crippen molar-refractivity contribution < 1.29 is 14.3 Å². The van der Waals surface area contributed by atoms with E-state index < -0.39 is 0 Å². The lowest BCUT2D eigenvalue weighted by Gasteiger charge is -2.33. The predicted molar refractivity (Wildman–Crippen MR) is 187 cm³/mol. The highest BCUT2D eigenvalue weighted by Crippen LogP contribution is 2.21. The van der Waals surface area contributed by atoms with E-state index in [4.69, 9.17) is 4.74 Å². The van der Waals surface area contributed by atoms with Gasteiger partial charge in [-0.2, -0.15) is 0 Å². The van der Waals surface area contributed by atoms with Crippen LogP contribution in [0.15, 0.2) is 0 Å². The van der Waals surface area contributed by atoms with Gasteiger partial charge in [-0.25, -0.2) is 0 Å². The number of amides is 1. The Morgan fingerprint density at radius 2 is 0.977 bits per heavy atom. The molecule has 5 nitrogen and oxygen atoms in total. The standard InChI is InChI=1S/C38H76N2O3/c1-7-11-15-19-24-31-37(41)40(34-26-33-39(5)6)35(27-22-16-12-8-2)28-23-20-17-18-21-25-32-38(42)43-36(29-13-9-3)30-14-10-4/h35-36H,7-34H2,1-6H3. The molecule has 0 heterocycles. The SMILES string of the molecule is CCCCCCCC(=O)N(CCCN(C)C)C(CCCCCC)CCCCCCCCC(=O)OC(CCCC)CCCC. The van der Waals surface area contributed by atoms with E-state index in [0.717, 1.165) is 96.6 Å². The van der Waals surface area contributed by atoms with Gasteiger partial charge in [0.15, 0.2) is 0 Å². The van der Waals surface area contributed by atoms with Crippen LogP contribution in [-0.2, 0) is 14.3 Å². The summed E-state index contributed by atoms with van der Waals surface area (Å²) < 4.78 is 5.82. The molecule has 0 aromatic rings. The van der Waals surface area contributed by atoms with Crippen LogP contribution >= 0.6 is 0 Å². The molecule has 0 saturated heterocycles. The first-order valence-corrected chi connectivity index (χ1v) is 19.0. The number of hydrogen-bond acceptors (Lipinski definition) is 4.